The number of phenols is 1. The molecule has 10 nitrogen and oxygen atoms in total. The monoisotopic (exact) mass is 398 g/mol. The van der Waals surface area contributed by atoms with Crippen LogP contribution in [0.4, 0.5) is 0 Å². The van der Waals surface area contributed by atoms with Crippen molar-refractivity contribution in [3.05, 3.63) is 29.8 Å². The van der Waals surface area contributed by atoms with E-state index in [0.717, 1.165) is 0 Å². The third-order valence-electron chi connectivity index (χ3n) is 4.52. The molecule has 6 atom stereocenters. The highest BCUT2D eigenvalue weighted by Crippen LogP contribution is 2.27. The van der Waals surface area contributed by atoms with Gasteiger partial charge in [0.05, 0.1) is 19.4 Å². The second-order valence-electron chi connectivity index (χ2n) is 6.65. The highest BCUT2D eigenvalue weighted by molar-refractivity contribution is 5.73. The molecule has 0 spiro atoms. The van der Waals surface area contributed by atoms with Crippen LogP contribution in [0, 0.1) is 0 Å². The van der Waals surface area contributed by atoms with E-state index in [-0.39, 0.29) is 25.2 Å². The predicted molar refractivity (Wildman–Crippen MR) is 89.9 cm³/mol. The molecular weight excluding hydrogens is 376 g/mol. The number of aliphatic hydroxyl groups is 3. The molecule has 2 fully saturated rings. The molecule has 0 aliphatic carbocycles. The molecule has 3 rings (SSSR count). The van der Waals surface area contributed by atoms with Crippen molar-refractivity contribution in [3.8, 4) is 5.75 Å². The van der Waals surface area contributed by atoms with Crippen molar-refractivity contribution in [1.29, 1.82) is 0 Å². The Hall–Kier alpha value is -2.24. The van der Waals surface area contributed by atoms with Gasteiger partial charge in [0.2, 0.25) is 0 Å². The Bertz CT molecular complexity index is 688. The fraction of sp³-hybridized carbons (Fsp3) is 0.556. The molecule has 1 aromatic carbocycles. The van der Waals surface area contributed by atoms with E-state index in [9.17, 15) is 30.0 Å². The minimum absolute atomic E-state index is 0.00363. The maximum absolute atomic E-state index is 12.2. The summed E-state index contributed by atoms with van der Waals surface area (Å²) in [5, 5.41) is 39.4. The second kappa shape index (κ2) is 8.84. The lowest BCUT2D eigenvalue weighted by molar-refractivity contribution is -0.312. The number of phenolic OH excluding ortho intramolecular Hbond substituents is 1. The van der Waals surface area contributed by atoms with Gasteiger partial charge in [-0.05, 0) is 17.7 Å². The van der Waals surface area contributed by atoms with Gasteiger partial charge in [-0.15, -0.1) is 0 Å². The van der Waals surface area contributed by atoms with Gasteiger partial charge in [0.15, 0.2) is 12.4 Å². The third-order valence-corrected chi connectivity index (χ3v) is 4.52. The van der Waals surface area contributed by atoms with Crippen LogP contribution in [0.3, 0.4) is 0 Å². The lowest BCUT2D eigenvalue weighted by Crippen LogP contribution is -2.61. The van der Waals surface area contributed by atoms with Gasteiger partial charge >= 0.3 is 11.9 Å². The van der Waals surface area contributed by atoms with Gasteiger partial charge in [-0.2, -0.15) is 0 Å². The van der Waals surface area contributed by atoms with Gasteiger partial charge in [-0.3, -0.25) is 9.59 Å². The van der Waals surface area contributed by atoms with E-state index in [1.165, 1.54) is 24.3 Å². The number of cyclic esters (lactones) is 1. The van der Waals surface area contributed by atoms with Crippen molar-refractivity contribution in [3.63, 3.8) is 0 Å². The number of aromatic hydroxyl groups is 1. The van der Waals surface area contributed by atoms with Gasteiger partial charge in [-0.1, -0.05) is 12.1 Å². The molecule has 28 heavy (non-hydrogen) atoms. The Morgan fingerprint density at radius 3 is 2.50 bits per heavy atom. The number of carbonyl (C=O) groups excluding carboxylic acids is 2. The molecule has 2 aliphatic rings. The number of hydrogen-bond donors (Lipinski definition) is 4. The summed E-state index contributed by atoms with van der Waals surface area (Å²) in [6.45, 7) is -0.600. The van der Waals surface area contributed by atoms with Crippen LogP contribution in [0.1, 0.15) is 12.0 Å². The van der Waals surface area contributed by atoms with Crippen molar-refractivity contribution in [2.75, 3.05) is 13.2 Å². The Morgan fingerprint density at radius 2 is 1.89 bits per heavy atom. The first-order chi connectivity index (χ1) is 13.4. The predicted octanol–water partition coefficient (Wildman–Crippen LogP) is -1.38. The summed E-state index contributed by atoms with van der Waals surface area (Å²) in [4.78, 5) is 23.3. The summed E-state index contributed by atoms with van der Waals surface area (Å²) < 4.78 is 20.9. The quantitative estimate of drug-likeness (QED) is 0.422. The van der Waals surface area contributed by atoms with Crippen molar-refractivity contribution in [2.24, 2.45) is 0 Å². The highest BCUT2D eigenvalue weighted by atomic mass is 16.7. The van der Waals surface area contributed by atoms with Crippen molar-refractivity contribution >= 4 is 11.9 Å². The van der Waals surface area contributed by atoms with Crippen LogP contribution in [0.25, 0.3) is 0 Å². The third kappa shape index (κ3) is 4.78. The lowest BCUT2D eigenvalue weighted by Gasteiger charge is -2.41. The van der Waals surface area contributed by atoms with Gasteiger partial charge < -0.3 is 39.4 Å². The molecule has 0 unspecified atom stereocenters. The number of hydrogen-bond acceptors (Lipinski definition) is 10. The first-order valence-electron chi connectivity index (χ1n) is 8.78. The number of esters is 2. The molecule has 1 aromatic rings. The van der Waals surface area contributed by atoms with Gasteiger partial charge in [0.25, 0.3) is 0 Å². The minimum atomic E-state index is -1.57. The number of ether oxygens (including phenoxy) is 4. The molecule has 10 heteroatoms. The van der Waals surface area contributed by atoms with E-state index >= 15 is 0 Å². The zero-order valence-electron chi connectivity index (χ0n) is 14.8. The fourth-order valence-corrected chi connectivity index (χ4v) is 3.05. The van der Waals surface area contributed by atoms with Crippen molar-refractivity contribution < 1.29 is 49.0 Å². The Morgan fingerprint density at radius 1 is 1.18 bits per heavy atom. The Labute approximate surface area is 160 Å². The van der Waals surface area contributed by atoms with Crippen LogP contribution in [0.5, 0.6) is 5.75 Å². The van der Waals surface area contributed by atoms with E-state index in [2.05, 4.69) is 0 Å². The van der Waals surface area contributed by atoms with E-state index < -0.39 is 55.4 Å². The van der Waals surface area contributed by atoms with E-state index in [1.54, 1.807) is 0 Å². The molecule has 0 aromatic heterocycles. The molecule has 0 radical (unpaired) electrons. The van der Waals surface area contributed by atoms with Gasteiger partial charge in [0, 0.05) is 0 Å². The molecule has 4 N–H and O–H groups in total. The smallest absolute Gasteiger partial charge is 0.310 e. The summed E-state index contributed by atoms with van der Waals surface area (Å²) in [7, 11) is 0. The average Bonchev–Trinajstić information content (AvgIpc) is 3.08. The zero-order chi connectivity index (χ0) is 20.3. The normalized spacial score (nSPS) is 32.8. The van der Waals surface area contributed by atoms with Crippen molar-refractivity contribution in [2.45, 2.75) is 49.7 Å². The topological polar surface area (TPSA) is 152 Å². The molecule has 2 aliphatic heterocycles. The van der Waals surface area contributed by atoms with E-state index in [4.69, 9.17) is 18.9 Å². The molecule has 154 valence electrons. The summed E-state index contributed by atoms with van der Waals surface area (Å²) in [5.74, 6) is -1.11. The highest BCUT2D eigenvalue weighted by Gasteiger charge is 2.48. The number of aliphatic hydroxyl groups excluding tert-OH is 3. The molecular formula is C18H22O10. The first-order valence-corrected chi connectivity index (χ1v) is 8.78. The van der Waals surface area contributed by atoms with Crippen LogP contribution in [0.15, 0.2) is 24.3 Å². The summed E-state index contributed by atoms with van der Waals surface area (Å²) in [6.07, 6.45) is -7.71. The fourth-order valence-electron chi connectivity index (χ4n) is 3.05. The molecule has 0 bridgehead atoms. The van der Waals surface area contributed by atoms with Crippen LogP contribution >= 0.6 is 0 Å². The molecule has 2 saturated heterocycles. The first kappa shape index (κ1) is 20.5. The Balaban J connectivity index is 1.60. The maximum atomic E-state index is 12.2. The van der Waals surface area contributed by atoms with Gasteiger partial charge in [-0.25, -0.2) is 0 Å². The standard InChI is InChI=1S/C18H22O10/c19-7-12-17(28-14(22)5-9-1-3-10(20)4-2-9)15(23)16(24)18(27-12)26-11-6-13(21)25-8-11/h1-4,11-12,15-20,23-24H,5-8H2/t11-,12-,15-,16+,17+,18-/m1/s1. The number of rotatable bonds is 6. The lowest BCUT2D eigenvalue weighted by atomic mass is 9.98. The summed E-state index contributed by atoms with van der Waals surface area (Å²) >= 11 is 0. The molecule has 0 saturated carbocycles. The van der Waals surface area contributed by atoms with Crippen LogP contribution in [-0.2, 0) is 35.0 Å². The van der Waals surface area contributed by atoms with Crippen LogP contribution in [-0.4, -0.2) is 82.4 Å². The zero-order valence-corrected chi connectivity index (χ0v) is 14.8. The molecule has 2 heterocycles. The average molecular weight is 398 g/mol. The van der Waals surface area contributed by atoms with E-state index in [1.807, 2.05) is 0 Å². The summed E-state index contributed by atoms with van der Waals surface area (Å²) in [5.41, 5.74) is 0.572. The SMILES string of the molecule is O=C1C[C@@H](O[C@@H]2O[C@H](CO)[C@H](OC(=O)Cc3ccc(O)cc3)[C@H](O)[C@@H]2O)CO1. The Kier molecular flexibility index (Phi) is 6.47. The minimum Gasteiger partial charge on any atom is -0.508 e. The van der Waals surface area contributed by atoms with Crippen LogP contribution in [0.2, 0.25) is 0 Å². The van der Waals surface area contributed by atoms with Crippen LogP contribution < -0.4 is 0 Å². The number of carbonyl (C=O) groups is 2. The second-order valence-corrected chi connectivity index (χ2v) is 6.65. The molecule has 0 amide bonds. The maximum Gasteiger partial charge on any atom is 0.310 e. The largest absolute Gasteiger partial charge is 0.508 e. The summed E-state index contributed by atoms with van der Waals surface area (Å²) in [6, 6.07) is 5.91. The van der Waals surface area contributed by atoms with Gasteiger partial charge in [0.1, 0.15) is 36.8 Å². The van der Waals surface area contributed by atoms with E-state index in [0.29, 0.717) is 5.56 Å². The number of benzene rings is 1. The van der Waals surface area contributed by atoms with Crippen molar-refractivity contribution in [1.82, 2.24) is 0 Å².